The second-order valence-corrected chi connectivity index (χ2v) is 3.60. The summed E-state index contributed by atoms with van der Waals surface area (Å²) in [6, 6.07) is 7.48. The van der Waals surface area contributed by atoms with Crippen LogP contribution in [0.4, 0.5) is 0 Å². The minimum absolute atomic E-state index is 0.726. The van der Waals surface area contributed by atoms with Crippen molar-refractivity contribution in [3.8, 4) is 5.75 Å². The van der Waals surface area contributed by atoms with Crippen LogP contribution >= 0.6 is 11.6 Å². The normalized spacial score (nSPS) is 9.07. The molecule has 0 unspecified atom stereocenters. The van der Waals surface area contributed by atoms with E-state index in [1.54, 1.807) is 0 Å². The maximum absolute atomic E-state index is 5.78. The number of unbranched alkanes of at least 4 members (excludes halogenated alkanes) is 1. The van der Waals surface area contributed by atoms with Crippen LogP contribution in [-0.2, 0) is 0 Å². The highest BCUT2D eigenvalue weighted by Gasteiger charge is 1.93. The molecule has 1 rings (SSSR count). The minimum atomic E-state index is 0.726. The Balaban J connectivity index is 0.000000583. The van der Waals surface area contributed by atoms with Gasteiger partial charge in [-0.1, -0.05) is 31.0 Å². The zero-order chi connectivity index (χ0) is 11.5. The molecule has 3 heteroatoms. The summed E-state index contributed by atoms with van der Waals surface area (Å²) in [5, 5.41) is 3.48. The van der Waals surface area contributed by atoms with Crippen molar-refractivity contribution < 1.29 is 4.74 Å². The predicted octanol–water partition coefficient (Wildman–Crippen LogP) is 3.35. The molecule has 0 spiro atoms. The smallest absolute Gasteiger partial charge is 0.120 e. The Morgan fingerprint density at radius 2 is 2.00 bits per heavy atom. The molecule has 0 amide bonds. The SMILES string of the molecule is CCCCOc1cccc(Cl)c1.CNC. The fourth-order valence-electron chi connectivity index (χ4n) is 0.891. The Hall–Kier alpha value is -0.730. The second kappa shape index (κ2) is 9.81. The first-order chi connectivity index (χ1) is 7.24. The molecule has 0 aliphatic carbocycles. The fourth-order valence-corrected chi connectivity index (χ4v) is 1.07. The maximum Gasteiger partial charge on any atom is 0.120 e. The zero-order valence-electron chi connectivity index (χ0n) is 9.72. The Morgan fingerprint density at radius 3 is 2.53 bits per heavy atom. The van der Waals surface area contributed by atoms with Crippen molar-refractivity contribution in [1.29, 1.82) is 0 Å². The van der Waals surface area contributed by atoms with Crippen LogP contribution in [0.15, 0.2) is 24.3 Å². The van der Waals surface area contributed by atoms with Gasteiger partial charge in [0.15, 0.2) is 0 Å². The van der Waals surface area contributed by atoms with Gasteiger partial charge in [0.05, 0.1) is 6.61 Å². The summed E-state index contributed by atoms with van der Waals surface area (Å²) in [5.41, 5.74) is 0. The molecule has 0 radical (unpaired) electrons. The Labute approximate surface area is 97.6 Å². The van der Waals surface area contributed by atoms with Crippen LogP contribution in [0.3, 0.4) is 0 Å². The Bertz CT molecular complexity index is 253. The van der Waals surface area contributed by atoms with Crippen molar-refractivity contribution >= 4 is 11.6 Å². The highest BCUT2D eigenvalue weighted by molar-refractivity contribution is 6.30. The summed E-state index contributed by atoms with van der Waals surface area (Å²) in [7, 11) is 3.75. The van der Waals surface area contributed by atoms with E-state index < -0.39 is 0 Å². The third-order valence-corrected chi connectivity index (χ3v) is 1.80. The van der Waals surface area contributed by atoms with E-state index in [0.717, 1.165) is 30.2 Å². The highest BCUT2D eigenvalue weighted by atomic mass is 35.5. The zero-order valence-corrected chi connectivity index (χ0v) is 10.5. The summed E-state index contributed by atoms with van der Waals surface area (Å²) in [6.07, 6.45) is 2.24. The number of ether oxygens (including phenoxy) is 1. The van der Waals surface area contributed by atoms with Gasteiger partial charge in [0.1, 0.15) is 5.75 Å². The molecule has 1 aromatic carbocycles. The Morgan fingerprint density at radius 1 is 1.33 bits per heavy atom. The van der Waals surface area contributed by atoms with Crippen molar-refractivity contribution in [2.45, 2.75) is 19.8 Å². The van der Waals surface area contributed by atoms with Gasteiger partial charge in [-0.3, -0.25) is 0 Å². The van der Waals surface area contributed by atoms with Crippen LogP contribution < -0.4 is 10.1 Å². The molecule has 0 aliphatic rings. The number of rotatable bonds is 4. The van der Waals surface area contributed by atoms with Gasteiger partial charge in [-0.2, -0.15) is 0 Å². The molecular weight excluding hydrogens is 210 g/mol. The molecule has 0 aliphatic heterocycles. The average Bonchev–Trinajstić information content (AvgIpc) is 2.19. The number of hydrogen-bond acceptors (Lipinski definition) is 2. The Kier molecular flexibility index (Phi) is 9.33. The molecule has 0 saturated heterocycles. The standard InChI is InChI=1S/C10H13ClO.C2H7N/c1-2-3-7-12-10-6-4-5-9(11)8-10;1-3-2/h4-6,8H,2-3,7H2,1H3;3H,1-2H3. The molecule has 0 aromatic heterocycles. The monoisotopic (exact) mass is 229 g/mol. The number of hydrogen-bond donors (Lipinski definition) is 1. The number of benzene rings is 1. The van der Waals surface area contributed by atoms with Gasteiger partial charge in [-0.25, -0.2) is 0 Å². The first-order valence-electron chi connectivity index (χ1n) is 5.21. The van der Waals surface area contributed by atoms with Gasteiger partial charge in [0, 0.05) is 5.02 Å². The molecule has 0 heterocycles. The van der Waals surface area contributed by atoms with Crippen LogP contribution in [0.1, 0.15) is 19.8 Å². The summed E-state index contributed by atoms with van der Waals surface area (Å²) in [6.45, 7) is 2.91. The average molecular weight is 230 g/mol. The van der Waals surface area contributed by atoms with Gasteiger partial charge in [0.2, 0.25) is 0 Å². The second-order valence-electron chi connectivity index (χ2n) is 3.16. The lowest BCUT2D eigenvalue weighted by molar-refractivity contribution is 0.309. The lowest BCUT2D eigenvalue weighted by Crippen LogP contribution is -1.95. The van der Waals surface area contributed by atoms with E-state index in [0.29, 0.717) is 0 Å². The van der Waals surface area contributed by atoms with Crippen molar-refractivity contribution in [2.75, 3.05) is 20.7 Å². The first-order valence-corrected chi connectivity index (χ1v) is 5.59. The van der Waals surface area contributed by atoms with Gasteiger partial charge >= 0.3 is 0 Å². The van der Waals surface area contributed by atoms with Crippen molar-refractivity contribution in [3.05, 3.63) is 29.3 Å². The summed E-state index contributed by atoms with van der Waals surface area (Å²) in [4.78, 5) is 0. The molecule has 86 valence electrons. The third kappa shape index (κ3) is 8.28. The van der Waals surface area contributed by atoms with E-state index in [4.69, 9.17) is 16.3 Å². The third-order valence-electron chi connectivity index (χ3n) is 1.56. The largest absolute Gasteiger partial charge is 0.494 e. The van der Waals surface area contributed by atoms with Crippen LogP contribution in [-0.4, -0.2) is 20.7 Å². The molecule has 0 saturated carbocycles. The molecule has 0 atom stereocenters. The van der Waals surface area contributed by atoms with Crippen LogP contribution in [0, 0.1) is 0 Å². The van der Waals surface area contributed by atoms with Gasteiger partial charge in [0.25, 0.3) is 0 Å². The molecule has 2 nitrogen and oxygen atoms in total. The van der Waals surface area contributed by atoms with Crippen molar-refractivity contribution in [1.82, 2.24) is 5.32 Å². The van der Waals surface area contributed by atoms with E-state index in [1.165, 1.54) is 0 Å². The topological polar surface area (TPSA) is 21.3 Å². The quantitative estimate of drug-likeness (QED) is 0.800. The van der Waals surface area contributed by atoms with Gasteiger partial charge < -0.3 is 10.1 Å². The van der Waals surface area contributed by atoms with E-state index in [9.17, 15) is 0 Å². The van der Waals surface area contributed by atoms with Gasteiger partial charge in [-0.05, 0) is 38.7 Å². The molecule has 0 bridgehead atoms. The van der Waals surface area contributed by atoms with E-state index in [1.807, 2.05) is 38.4 Å². The number of halogens is 1. The first kappa shape index (κ1) is 14.3. The highest BCUT2D eigenvalue weighted by Crippen LogP contribution is 2.17. The number of nitrogens with one attached hydrogen (secondary N) is 1. The van der Waals surface area contributed by atoms with E-state index in [2.05, 4.69) is 12.2 Å². The summed E-state index contributed by atoms with van der Waals surface area (Å²) < 4.78 is 5.44. The summed E-state index contributed by atoms with van der Waals surface area (Å²) >= 11 is 5.78. The lowest BCUT2D eigenvalue weighted by atomic mass is 10.3. The minimum Gasteiger partial charge on any atom is -0.494 e. The van der Waals surface area contributed by atoms with E-state index in [-0.39, 0.29) is 0 Å². The molecular formula is C12H20ClNO. The van der Waals surface area contributed by atoms with Crippen LogP contribution in [0.2, 0.25) is 5.02 Å². The predicted molar refractivity (Wildman–Crippen MR) is 66.8 cm³/mol. The molecule has 15 heavy (non-hydrogen) atoms. The molecule has 1 aromatic rings. The van der Waals surface area contributed by atoms with E-state index >= 15 is 0 Å². The fraction of sp³-hybridized carbons (Fsp3) is 0.500. The molecule has 1 N–H and O–H groups in total. The van der Waals surface area contributed by atoms with Crippen molar-refractivity contribution in [3.63, 3.8) is 0 Å². The van der Waals surface area contributed by atoms with Crippen LogP contribution in [0.25, 0.3) is 0 Å². The maximum atomic E-state index is 5.78. The van der Waals surface area contributed by atoms with Gasteiger partial charge in [-0.15, -0.1) is 0 Å². The van der Waals surface area contributed by atoms with Crippen LogP contribution in [0.5, 0.6) is 5.75 Å². The van der Waals surface area contributed by atoms with Crippen molar-refractivity contribution in [2.24, 2.45) is 0 Å². The summed E-state index contributed by atoms with van der Waals surface area (Å²) in [5.74, 6) is 0.857. The lowest BCUT2D eigenvalue weighted by Gasteiger charge is -2.04. The molecule has 0 fully saturated rings.